The van der Waals surface area contributed by atoms with Gasteiger partial charge >= 0.3 is 5.97 Å². The van der Waals surface area contributed by atoms with Gasteiger partial charge in [0.1, 0.15) is 49.3 Å². The minimum absolute atomic E-state index is 0.0162. The molecule has 2 aromatic carbocycles. The van der Waals surface area contributed by atoms with Crippen LogP contribution in [0.1, 0.15) is 17.5 Å². The number of hydrogen-bond acceptors (Lipinski definition) is 12. The van der Waals surface area contributed by atoms with Crippen molar-refractivity contribution in [2.75, 3.05) is 41.6 Å². The highest BCUT2D eigenvalue weighted by Gasteiger charge is 2.54. The summed E-state index contributed by atoms with van der Waals surface area (Å²) in [5, 5.41) is 14.8. The summed E-state index contributed by atoms with van der Waals surface area (Å²) in [6.45, 7) is 0.488. The predicted octanol–water partition coefficient (Wildman–Crippen LogP) is 2.95. The number of ether oxygens (including phenoxy) is 9. The molecule has 46 heavy (non-hydrogen) atoms. The molecular weight excluding hydrogens is 602 g/mol. The van der Waals surface area contributed by atoms with E-state index in [-0.39, 0.29) is 26.4 Å². The molecule has 0 spiro atoms. The van der Waals surface area contributed by atoms with Crippen LogP contribution in [0.2, 0.25) is 0 Å². The van der Waals surface area contributed by atoms with Gasteiger partial charge in [-0.15, -0.1) is 0 Å². The van der Waals surface area contributed by atoms with Crippen molar-refractivity contribution in [1.29, 1.82) is 0 Å². The second-order valence-corrected chi connectivity index (χ2v) is 10.9. The van der Waals surface area contributed by atoms with Crippen LogP contribution in [-0.2, 0) is 60.6 Å². The van der Waals surface area contributed by atoms with Crippen molar-refractivity contribution in [1.82, 2.24) is 0 Å². The van der Waals surface area contributed by atoms with Crippen molar-refractivity contribution >= 4 is 5.97 Å². The summed E-state index contributed by atoms with van der Waals surface area (Å²) >= 11 is 0. The molecule has 2 aliphatic heterocycles. The molecule has 0 amide bonds. The monoisotopic (exact) mass is 645 g/mol. The standard InChI is InChI=1S/C32H43N3O11/c1-38-19-23-26(29(42-17-20-11-7-5-8-12-20)25(39-2)22(44-23)15-16-34-35-33)45-32-30(41-4)27(40-3)24(36)28(46-32)31(37)43-18-21-13-9-6-10-14-21/h5-14,22-30,32,36H,15-19H2,1-4H3/t22-,23+,24-,25-,26+,27-,28+,29+,30+,32-/m0/s1. The van der Waals surface area contributed by atoms with E-state index >= 15 is 0 Å². The molecule has 14 nitrogen and oxygen atoms in total. The molecule has 2 heterocycles. The smallest absolute Gasteiger partial charge is 0.338 e. The maximum absolute atomic E-state index is 13.3. The summed E-state index contributed by atoms with van der Waals surface area (Å²) in [5.41, 5.74) is 10.5. The lowest BCUT2D eigenvalue weighted by molar-refractivity contribution is -0.347. The van der Waals surface area contributed by atoms with E-state index in [1.165, 1.54) is 28.4 Å². The molecule has 0 bridgehead atoms. The van der Waals surface area contributed by atoms with Crippen LogP contribution in [0.3, 0.4) is 0 Å². The molecule has 0 aromatic heterocycles. The van der Waals surface area contributed by atoms with Crippen LogP contribution in [0.15, 0.2) is 65.8 Å². The Morgan fingerprint density at radius 2 is 1.46 bits per heavy atom. The molecule has 0 aliphatic carbocycles. The molecule has 14 heteroatoms. The molecule has 2 aliphatic rings. The summed E-state index contributed by atoms with van der Waals surface area (Å²) in [6.07, 6.45) is -9.23. The van der Waals surface area contributed by atoms with Gasteiger partial charge in [-0.3, -0.25) is 0 Å². The van der Waals surface area contributed by atoms with Gasteiger partial charge in [0.15, 0.2) is 12.4 Å². The zero-order chi connectivity index (χ0) is 32.9. The fourth-order valence-electron chi connectivity index (χ4n) is 5.77. The van der Waals surface area contributed by atoms with Gasteiger partial charge in [0, 0.05) is 39.9 Å². The lowest BCUT2D eigenvalue weighted by Crippen LogP contribution is -2.66. The van der Waals surface area contributed by atoms with E-state index in [0.29, 0.717) is 6.42 Å². The normalized spacial score (nSPS) is 31.2. The van der Waals surface area contributed by atoms with Crippen LogP contribution in [0.5, 0.6) is 0 Å². The zero-order valence-corrected chi connectivity index (χ0v) is 26.5. The van der Waals surface area contributed by atoms with Gasteiger partial charge in [-0.1, -0.05) is 65.8 Å². The third-order valence-corrected chi connectivity index (χ3v) is 8.01. The first-order valence-electron chi connectivity index (χ1n) is 15.0. The van der Waals surface area contributed by atoms with E-state index in [4.69, 9.17) is 48.2 Å². The number of azide groups is 1. The first-order valence-corrected chi connectivity index (χ1v) is 15.0. The van der Waals surface area contributed by atoms with Crippen LogP contribution in [0.4, 0.5) is 0 Å². The van der Waals surface area contributed by atoms with Gasteiger partial charge in [0.25, 0.3) is 0 Å². The SMILES string of the molecule is COC[C@H]1O[C@@H](CCN=[N+]=[N-])[C@H](OC)[C@@H](OCc2ccccc2)[C@@H]1O[C@H]1O[C@@H](C(=O)OCc2ccccc2)[C@@H](O)[C@H](OC)[C@H]1OC. The summed E-state index contributed by atoms with van der Waals surface area (Å²) in [7, 11) is 5.89. The number of hydrogen-bond donors (Lipinski definition) is 1. The van der Waals surface area contributed by atoms with E-state index in [1.54, 1.807) is 0 Å². The molecule has 4 rings (SSSR count). The number of aliphatic hydroxyl groups excluding tert-OH is 1. The maximum Gasteiger partial charge on any atom is 0.338 e. The Morgan fingerprint density at radius 1 is 0.826 bits per heavy atom. The second kappa shape index (κ2) is 18.3. The molecular formula is C32H43N3O11. The van der Waals surface area contributed by atoms with Crippen molar-refractivity contribution < 1.29 is 52.5 Å². The minimum atomic E-state index is -1.45. The average molecular weight is 646 g/mol. The van der Waals surface area contributed by atoms with Gasteiger partial charge in [-0.05, 0) is 23.1 Å². The molecule has 2 fully saturated rings. The van der Waals surface area contributed by atoms with Crippen molar-refractivity contribution in [3.8, 4) is 0 Å². The van der Waals surface area contributed by atoms with Gasteiger partial charge in [-0.25, -0.2) is 4.79 Å². The zero-order valence-electron chi connectivity index (χ0n) is 26.5. The Kier molecular flexibility index (Phi) is 14.2. The minimum Gasteiger partial charge on any atom is -0.459 e. The Labute approximate surface area is 268 Å². The van der Waals surface area contributed by atoms with E-state index in [2.05, 4.69) is 10.0 Å². The molecule has 1 N–H and O–H groups in total. The quantitative estimate of drug-likeness (QED) is 0.123. The summed E-state index contributed by atoms with van der Waals surface area (Å²) in [4.78, 5) is 16.1. The largest absolute Gasteiger partial charge is 0.459 e. The maximum atomic E-state index is 13.3. The number of rotatable bonds is 16. The van der Waals surface area contributed by atoms with Crippen molar-refractivity contribution in [3.05, 3.63) is 82.2 Å². The number of benzene rings is 2. The lowest BCUT2D eigenvalue weighted by Gasteiger charge is -2.49. The fourth-order valence-corrected chi connectivity index (χ4v) is 5.77. The molecule has 0 unspecified atom stereocenters. The van der Waals surface area contributed by atoms with Gasteiger partial charge in [0.2, 0.25) is 0 Å². The van der Waals surface area contributed by atoms with Crippen LogP contribution >= 0.6 is 0 Å². The van der Waals surface area contributed by atoms with Crippen LogP contribution in [0, 0.1) is 0 Å². The van der Waals surface area contributed by atoms with E-state index in [9.17, 15) is 9.90 Å². The molecule has 0 radical (unpaired) electrons. The molecule has 2 saturated heterocycles. The number of esters is 1. The highest BCUT2D eigenvalue weighted by molar-refractivity contribution is 5.75. The molecule has 10 atom stereocenters. The highest BCUT2D eigenvalue weighted by atomic mass is 16.7. The topological polar surface area (TPSA) is 169 Å². The summed E-state index contributed by atoms with van der Waals surface area (Å²) in [5.74, 6) is -0.792. The van der Waals surface area contributed by atoms with Crippen molar-refractivity contribution in [3.63, 3.8) is 0 Å². The fraction of sp³-hybridized carbons (Fsp3) is 0.594. The number of nitrogens with zero attached hydrogens (tertiary/aromatic N) is 3. The van der Waals surface area contributed by atoms with Gasteiger partial charge in [-0.2, -0.15) is 0 Å². The molecule has 252 valence electrons. The van der Waals surface area contributed by atoms with Crippen LogP contribution < -0.4 is 0 Å². The number of carbonyl (C=O) groups is 1. The number of carbonyl (C=O) groups excluding carboxylic acids is 1. The van der Waals surface area contributed by atoms with Gasteiger partial charge < -0.3 is 47.7 Å². The number of aliphatic hydroxyl groups is 1. The Morgan fingerprint density at radius 3 is 2.04 bits per heavy atom. The average Bonchev–Trinajstić information content (AvgIpc) is 3.08. The predicted molar refractivity (Wildman–Crippen MR) is 162 cm³/mol. The highest BCUT2D eigenvalue weighted by Crippen LogP contribution is 2.35. The van der Waals surface area contributed by atoms with Crippen molar-refractivity contribution in [2.24, 2.45) is 5.11 Å². The van der Waals surface area contributed by atoms with Gasteiger partial charge in [0.05, 0.1) is 19.3 Å². The molecule has 0 saturated carbocycles. The number of methoxy groups -OCH3 is 4. The Bertz CT molecular complexity index is 1240. The summed E-state index contributed by atoms with van der Waals surface area (Å²) < 4.78 is 53.8. The third kappa shape index (κ3) is 9.02. The lowest BCUT2D eigenvalue weighted by atomic mass is 9.92. The first-order chi connectivity index (χ1) is 22.4. The Hall–Kier alpha value is -3.14. The van der Waals surface area contributed by atoms with Crippen molar-refractivity contribution in [2.45, 2.75) is 80.9 Å². The second-order valence-electron chi connectivity index (χ2n) is 10.9. The Balaban J connectivity index is 1.62. The van der Waals surface area contributed by atoms with E-state index < -0.39 is 67.2 Å². The third-order valence-electron chi connectivity index (χ3n) is 8.01. The summed E-state index contributed by atoms with van der Waals surface area (Å²) in [6, 6.07) is 18.8. The van der Waals surface area contributed by atoms with Crippen LogP contribution in [-0.4, -0.2) is 114 Å². The first kappa shape index (κ1) is 35.7. The van der Waals surface area contributed by atoms with E-state index in [0.717, 1.165) is 11.1 Å². The van der Waals surface area contributed by atoms with Crippen LogP contribution in [0.25, 0.3) is 10.4 Å². The molecule has 2 aromatic rings. The van der Waals surface area contributed by atoms with E-state index in [1.807, 2.05) is 60.7 Å².